The molecule has 1 N–H and O–H groups in total. The predicted molar refractivity (Wildman–Crippen MR) is 94.2 cm³/mol. The van der Waals surface area contributed by atoms with Gasteiger partial charge in [-0.1, -0.05) is 24.3 Å². The summed E-state index contributed by atoms with van der Waals surface area (Å²) >= 11 is 0. The maximum atomic E-state index is 13.2. The first kappa shape index (κ1) is 16.5. The Labute approximate surface area is 142 Å². The van der Waals surface area contributed by atoms with Gasteiger partial charge in [-0.05, 0) is 61.3 Å². The van der Waals surface area contributed by atoms with Crippen LogP contribution in [0.2, 0.25) is 0 Å². The molecule has 1 unspecified atom stereocenters. The lowest BCUT2D eigenvalue weighted by molar-refractivity contribution is 0.256. The normalized spacial score (nSPS) is 15.8. The van der Waals surface area contributed by atoms with Crippen LogP contribution in [0.3, 0.4) is 0 Å². The molecule has 4 heteroatoms. The van der Waals surface area contributed by atoms with Crippen molar-refractivity contribution in [2.75, 3.05) is 25.0 Å². The van der Waals surface area contributed by atoms with Gasteiger partial charge < -0.3 is 5.32 Å². The first-order valence-corrected chi connectivity index (χ1v) is 8.45. The highest BCUT2D eigenvalue weighted by molar-refractivity contribution is 5.45. The molecule has 1 fully saturated rings. The van der Waals surface area contributed by atoms with Crippen molar-refractivity contribution in [2.45, 2.75) is 25.3 Å². The van der Waals surface area contributed by atoms with Gasteiger partial charge in [0.05, 0.1) is 18.5 Å². The number of likely N-dealkylation sites (tertiary alicyclic amines) is 1. The van der Waals surface area contributed by atoms with E-state index in [-0.39, 0.29) is 11.9 Å². The molecule has 0 spiro atoms. The van der Waals surface area contributed by atoms with Crippen LogP contribution in [0.4, 0.5) is 10.1 Å². The molecule has 0 aliphatic carbocycles. The van der Waals surface area contributed by atoms with Crippen LogP contribution in [-0.2, 0) is 6.42 Å². The highest BCUT2D eigenvalue weighted by atomic mass is 19.1. The summed E-state index contributed by atoms with van der Waals surface area (Å²) in [5, 5.41) is 12.2. The van der Waals surface area contributed by atoms with Crippen molar-refractivity contribution in [2.24, 2.45) is 0 Å². The van der Waals surface area contributed by atoms with Gasteiger partial charge in [-0.15, -0.1) is 0 Å². The van der Waals surface area contributed by atoms with E-state index in [2.05, 4.69) is 16.3 Å². The first-order valence-electron chi connectivity index (χ1n) is 8.45. The van der Waals surface area contributed by atoms with E-state index in [0.29, 0.717) is 6.42 Å². The highest BCUT2D eigenvalue weighted by Crippen LogP contribution is 2.26. The molecule has 1 heterocycles. The van der Waals surface area contributed by atoms with Crippen molar-refractivity contribution in [3.63, 3.8) is 0 Å². The molecule has 3 rings (SSSR count). The highest BCUT2D eigenvalue weighted by Gasteiger charge is 2.23. The summed E-state index contributed by atoms with van der Waals surface area (Å²) in [4.78, 5) is 2.46. The zero-order valence-electron chi connectivity index (χ0n) is 13.7. The Morgan fingerprint density at radius 3 is 2.33 bits per heavy atom. The lowest BCUT2D eigenvalue weighted by Gasteiger charge is -2.28. The van der Waals surface area contributed by atoms with Crippen LogP contribution in [0.1, 0.15) is 30.0 Å². The molecule has 0 bridgehead atoms. The number of anilines is 1. The molecule has 124 valence electrons. The summed E-state index contributed by atoms with van der Waals surface area (Å²) in [7, 11) is 0. The van der Waals surface area contributed by atoms with Gasteiger partial charge in [0, 0.05) is 12.2 Å². The Kier molecular flexibility index (Phi) is 5.45. The second-order valence-corrected chi connectivity index (χ2v) is 6.22. The van der Waals surface area contributed by atoms with Crippen LogP contribution in [0, 0.1) is 17.1 Å². The molecule has 1 aliphatic heterocycles. The van der Waals surface area contributed by atoms with Gasteiger partial charge in [0.1, 0.15) is 5.82 Å². The van der Waals surface area contributed by atoms with Crippen molar-refractivity contribution >= 4 is 5.69 Å². The first-order chi connectivity index (χ1) is 11.8. The van der Waals surface area contributed by atoms with Crippen LogP contribution in [0.25, 0.3) is 0 Å². The lowest BCUT2D eigenvalue weighted by Crippen LogP contribution is -2.31. The average molecular weight is 323 g/mol. The van der Waals surface area contributed by atoms with Crippen molar-refractivity contribution in [3.05, 3.63) is 65.5 Å². The maximum absolute atomic E-state index is 13.2. The van der Waals surface area contributed by atoms with Crippen LogP contribution >= 0.6 is 0 Å². The summed E-state index contributed by atoms with van der Waals surface area (Å²) in [6.07, 6.45) is 2.88. The Morgan fingerprint density at radius 1 is 1.04 bits per heavy atom. The fourth-order valence-electron chi connectivity index (χ4n) is 3.24. The number of nitrogens with one attached hydrogen (secondary N) is 1. The van der Waals surface area contributed by atoms with Crippen molar-refractivity contribution in [1.82, 2.24) is 4.90 Å². The number of hydrogen-bond donors (Lipinski definition) is 1. The fraction of sp³-hybridized carbons (Fsp3) is 0.350. The fourth-order valence-corrected chi connectivity index (χ4v) is 3.24. The monoisotopic (exact) mass is 323 g/mol. The standard InChI is InChI=1S/C20H22FN3/c21-18-7-5-17(6-8-18)20(24-13-1-2-14-24)15-23-19-9-3-16(4-10-19)11-12-22/h3-10,20,23H,1-2,11,13-15H2. The van der Waals surface area contributed by atoms with E-state index in [1.54, 1.807) is 0 Å². The van der Waals surface area contributed by atoms with Crippen LogP contribution < -0.4 is 5.32 Å². The number of nitriles is 1. The molecule has 0 aromatic heterocycles. The zero-order valence-corrected chi connectivity index (χ0v) is 13.7. The number of halogens is 1. The SMILES string of the molecule is N#CCc1ccc(NCC(c2ccc(F)cc2)N2CCCC2)cc1. The third-order valence-electron chi connectivity index (χ3n) is 4.57. The van der Waals surface area contributed by atoms with Gasteiger partial charge in [0.15, 0.2) is 0 Å². The zero-order chi connectivity index (χ0) is 16.8. The van der Waals surface area contributed by atoms with Gasteiger partial charge in [-0.2, -0.15) is 5.26 Å². The molecule has 1 atom stereocenters. The summed E-state index contributed by atoms with van der Waals surface area (Å²) in [5.41, 5.74) is 3.22. The Bertz CT molecular complexity index is 682. The third kappa shape index (κ3) is 4.12. The summed E-state index contributed by atoms with van der Waals surface area (Å²) in [6.45, 7) is 2.96. The Morgan fingerprint density at radius 2 is 1.71 bits per heavy atom. The molecule has 0 saturated carbocycles. The summed E-state index contributed by atoms with van der Waals surface area (Å²) in [6, 6.07) is 17.2. The van der Waals surface area contributed by atoms with Crippen LogP contribution in [-0.4, -0.2) is 24.5 Å². The van der Waals surface area contributed by atoms with E-state index >= 15 is 0 Å². The minimum atomic E-state index is -0.194. The van der Waals surface area contributed by atoms with E-state index < -0.39 is 0 Å². The Hall–Kier alpha value is -2.38. The van der Waals surface area contributed by atoms with Crippen LogP contribution in [0.5, 0.6) is 0 Å². The number of rotatable bonds is 6. The molecule has 3 nitrogen and oxygen atoms in total. The topological polar surface area (TPSA) is 39.1 Å². The van der Waals surface area contributed by atoms with Gasteiger partial charge in [0.2, 0.25) is 0 Å². The molecular formula is C20H22FN3. The van der Waals surface area contributed by atoms with Gasteiger partial charge >= 0.3 is 0 Å². The quantitative estimate of drug-likeness (QED) is 0.868. The van der Waals surface area contributed by atoms with E-state index in [9.17, 15) is 4.39 Å². The maximum Gasteiger partial charge on any atom is 0.123 e. The summed E-state index contributed by atoms with van der Waals surface area (Å²) in [5.74, 6) is -0.194. The smallest absolute Gasteiger partial charge is 0.123 e. The third-order valence-corrected chi connectivity index (χ3v) is 4.57. The number of nitrogens with zero attached hydrogens (tertiary/aromatic N) is 2. The molecule has 0 amide bonds. The summed E-state index contributed by atoms with van der Waals surface area (Å²) < 4.78 is 13.2. The van der Waals surface area contributed by atoms with Crippen molar-refractivity contribution < 1.29 is 4.39 Å². The van der Waals surface area contributed by atoms with E-state index in [0.717, 1.165) is 36.4 Å². The largest absolute Gasteiger partial charge is 0.383 e. The number of benzene rings is 2. The lowest BCUT2D eigenvalue weighted by atomic mass is 10.0. The van der Waals surface area contributed by atoms with Gasteiger partial charge in [0.25, 0.3) is 0 Å². The van der Waals surface area contributed by atoms with Crippen molar-refractivity contribution in [3.8, 4) is 6.07 Å². The minimum absolute atomic E-state index is 0.194. The minimum Gasteiger partial charge on any atom is -0.383 e. The van der Waals surface area contributed by atoms with Gasteiger partial charge in [-0.3, -0.25) is 4.90 Å². The molecule has 24 heavy (non-hydrogen) atoms. The van der Waals surface area contributed by atoms with Crippen molar-refractivity contribution in [1.29, 1.82) is 5.26 Å². The average Bonchev–Trinajstić information content (AvgIpc) is 3.13. The molecular weight excluding hydrogens is 301 g/mol. The molecule has 1 aliphatic rings. The van der Waals surface area contributed by atoms with E-state index in [4.69, 9.17) is 5.26 Å². The van der Waals surface area contributed by atoms with E-state index in [1.807, 2.05) is 36.4 Å². The van der Waals surface area contributed by atoms with Crippen LogP contribution in [0.15, 0.2) is 48.5 Å². The predicted octanol–water partition coefficient (Wildman–Crippen LogP) is 4.14. The molecule has 2 aromatic carbocycles. The number of hydrogen-bond acceptors (Lipinski definition) is 3. The van der Waals surface area contributed by atoms with E-state index in [1.165, 1.54) is 25.0 Å². The Balaban J connectivity index is 1.69. The molecule has 1 saturated heterocycles. The second-order valence-electron chi connectivity index (χ2n) is 6.22. The molecule has 2 aromatic rings. The van der Waals surface area contributed by atoms with Gasteiger partial charge in [-0.25, -0.2) is 4.39 Å². The molecule has 0 radical (unpaired) electrons. The second kappa shape index (κ2) is 7.94.